The minimum Gasteiger partial charge on any atom is -0.368 e. The number of fused-ring (bicyclic) bond motifs is 1. The molecule has 0 atom stereocenters. The Kier molecular flexibility index (Phi) is 5.02. The highest BCUT2D eigenvalue weighted by molar-refractivity contribution is 6.30. The Bertz CT molecular complexity index is 908. The molecule has 2 aromatic rings. The van der Waals surface area contributed by atoms with E-state index >= 15 is 0 Å². The van der Waals surface area contributed by atoms with Crippen LogP contribution in [0.1, 0.15) is 53.0 Å². The van der Waals surface area contributed by atoms with Crippen LogP contribution in [-0.4, -0.2) is 39.9 Å². The number of benzene rings is 1. The molecule has 1 aromatic carbocycles. The Balaban J connectivity index is 1.53. The van der Waals surface area contributed by atoms with Crippen molar-refractivity contribution in [3.05, 3.63) is 51.8 Å². The zero-order valence-electron chi connectivity index (χ0n) is 16.1. The van der Waals surface area contributed by atoms with Crippen LogP contribution in [-0.2, 0) is 11.8 Å². The van der Waals surface area contributed by atoms with Crippen molar-refractivity contribution in [3.8, 4) is 0 Å². The number of halogens is 1. The number of amides is 1. The van der Waals surface area contributed by atoms with Crippen LogP contribution in [0.5, 0.6) is 0 Å². The molecular weight excluding hydrogens is 374 g/mol. The highest BCUT2D eigenvalue weighted by Gasteiger charge is 2.40. The second-order valence-corrected chi connectivity index (χ2v) is 8.40. The van der Waals surface area contributed by atoms with E-state index in [4.69, 9.17) is 23.1 Å². The van der Waals surface area contributed by atoms with Crippen molar-refractivity contribution in [2.24, 2.45) is 5.73 Å². The van der Waals surface area contributed by atoms with E-state index in [1.807, 2.05) is 30.0 Å². The summed E-state index contributed by atoms with van der Waals surface area (Å²) in [6.07, 6.45) is 4.48. The van der Waals surface area contributed by atoms with Crippen molar-refractivity contribution in [1.82, 2.24) is 14.9 Å². The van der Waals surface area contributed by atoms with Crippen molar-refractivity contribution in [3.63, 3.8) is 0 Å². The lowest BCUT2D eigenvalue weighted by Crippen LogP contribution is -2.50. The lowest BCUT2D eigenvalue weighted by Gasteiger charge is -2.44. The van der Waals surface area contributed by atoms with Crippen molar-refractivity contribution in [1.29, 1.82) is 0 Å². The molecule has 0 unspecified atom stereocenters. The van der Waals surface area contributed by atoms with Crippen LogP contribution in [0, 0.1) is 6.92 Å². The van der Waals surface area contributed by atoms with Crippen molar-refractivity contribution in [2.75, 3.05) is 18.8 Å². The third-order valence-electron chi connectivity index (χ3n) is 6.43. The summed E-state index contributed by atoms with van der Waals surface area (Å²) in [6, 6.07) is 8.24. The van der Waals surface area contributed by atoms with Crippen LogP contribution < -0.4 is 11.5 Å². The summed E-state index contributed by atoms with van der Waals surface area (Å²) in [5, 5.41) is 0.741. The Morgan fingerprint density at radius 3 is 2.71 bits per heavy atom. The first-order valence-corrected chi connectivity index (χ1v) is 10.2. The molecule has 1 aliphatic carbocycles. The van der Waals surface area contributed by atoms with Gasteiger partial charge in [-0.25, -0.2) is 9.97 Å². The van der Waals surface area contributed by atoms with Gasteiger partial charge in [0.2, 0.25) is 5.95 Å². The van der Waals surface area contributed by atoms with Gasteiger partial charge in [0.15, 0.2) is 0 Å². The monoisotopic (exact) mass is 399 g/mol. The predicted molar refractivity (Wildman–Crippen MR) is 110 cm³/mol. The summed E-state index contributed by atoms with van der Waals surface area (Å²) in [5.41, 5.74) is 15.2. The van der Waals surface area contributed by atoms with Crippen LogP contribution >= 0.6 is 11.6 Å². The molecule has 2 aliphatic rings. The third-order valence-corrected chi connectivity index (χ3v) is 6.66. The molecule has 0 radical (unpaired) electrons. The van der Waals surface area contributed by atoms with E-state index in [1.54, 1.807) is 0 Å². The number of carbonyl (C=O) groups excluding carboxylic acids is 1. The van der Waals surface area contributed by atoms with Gasteiger partial charge >= 0.3 is 0 Å². The number of nitrogens with zero attached hydrogens (tertiary/aromatic N) is 3. The number of aromatic nitrogens is 2. The van der Waals surface area contributed by atoms with Gasteiger partial charge < -0.3 is 16.4 Å². The average molecular weight is 400 g/mol. The van der Waals surface area contributed by atoms with E-state index < -0.39 is 0 Å². The van der Waals surface area contributed by atoms with Gasteiger partial charge in [0.05, 0.1) is 17.0 Å². The van der Waals surface area contributed by atoms with Gasteiger partial charge in [-0.1, -0.05) is 23.7 Å². The van der Waals surface area contributed by atoms with Crippen LogP contribution in [0.15, 0.2) is 24.3 Å². The molecule has 4 rings (SSSR count). The summed E-state index contributed by atoms with van der Waals surface area (Å²) in [5.74, 6) is 0.274. The van der Waals surface area contributed by atoms with E-state index in [9.17, 15) is 4.79 Å². The van der Waals surface area contributed by atoms with E-state index in [-0.39, 0.29) is 23.3 Å². The highest BCUT2D eigenvalue weighted by Crippen LogP contribution is 2.41. The average Bonchev–Trinajstić information content (AvgIpc) is 2.68. The van der Waals surface area contributed by atoms with E-state index in [1.165, 1.54) is 5.56 Å². The maximum atomic E-state index is 13.2. The SMILES string of the molecule is Cc1nc(N)nc2c1C(=O)N([C@H]1CC[C@](CN)(c3cccc(Cl)c3)CC1)CC2. The molecule has 1 amide bonds. The number of nitrogens with two attached hydrogens (primary N) is 2. The number of aryl methyl sites for hydroxylation is 1. The zero-order chi connectivity index (χ0) is 19.9. The summed E-state index contributed by atoms with van der Waals surface area (Å²) in [4.78, 5) is 23.6. The number of rotatable bonds is 3. The van der Waals surface area contributed by atoms with E-state index in [2.05, 4.69) is 16.0 Å². The molecular formula is C21H26ClN5O. The number of anilines is 1. The van der Waals surface area contributed by atoms with Crippen LogP contribution in [0.2, 0.25) is 5.02 Å². The van der Waals surface area contributed by atoms with Gasteiger partial charge in [0, 0.05) is 36.0 Å². The van der Waals surface area contributed by atoms with Crippen LogP contribution in [0.4, 0.5) is 5.95 Å². The quantitative estimate of drug-likeness (QED) is 0.826. The molecule has 0 spiro atoms. The molecule has 28 heavy (non-hydrogen) atoms. The smallest absolute Gasteiger partial charge is 0.257 e. The number of carbonyl (C=O) groups is 1. The van der Waals surface area contributed by atoms with Gasteiger partial charge in [-0.2, -0.15) is 0 Å². The highest BCUT2D eigenvalue weighted by atomic mass is 35.5. The first kappa shape index (κ1) is 19.2. The topological polar surface area (TPSA) is 98.1 Å². The summed E-state index contributed by atoms with van der Waals surface area (Å²) < 4.78 is 0. The van der Waals surface area contributed by atoms with Crippen molar-refractivity contribution in [2.45, 2.75) is 50.5 Å². The van der Waals surface area contributed by atoms with Crippen molar-refractivity contribution >= 4 is 23.5 Å². The second-order valence-electron chi connectivity index (χ2n) is 7.96. The largest absolute Gasteiger partial charge is 0.368 e. The molecule has 1 aromatic heterocycles. The second kappa shape index (κ2) is 7.33. The minimum absolute atomic E-state index is 0.0340. The minimum atomic E-state index is -0.0639. The fourth-order valence-electron chi connectivity index (χ4n) is 4.83. The molecule has 0 saturated heterocycles. The van der Waals surface area contributed by atoms with Gasteiger partial charge in [-0.3, -0.25) is 4.79 Å². The molecule has 7 heteroatoms. The van der Waals surface area contributed by atoms with Gasteiger partial charge in [0.25, 0.3) is 5.91 Å². The predicted octanol–water partition coefficient (Wildman–Crippen LogP) is 2.86. The first-order valence-electron chi connectivity index (χ1n) is 9.83. The Labute approximate surface area is 170 Å². The third kappa shape index (κ3) is 3.25. The van der Waals surface area contributed by atoms with E-state index in [0.717, 1.165) is 42.8 Å². The number of hydrogen-bond acceptors (Lipinski definition) is 5. The molecule has 2 heterocycles. The molecule has 1 aliphatic heterocycles. The molecule has 0 bridgehead atoms. The summed E-state index contributed by atoms with van der Waals surface area (Å²) in [7, 11) is 0. The number of hydrogen-bond donors (Lipinski definition) is 2. The van der Waals surface area contributed by atoms with Gasteiger partial charge in [-0.15, -0.1) is 0 Å². The summed E-state index contributed by atoms with van der Waals surface area (Å²) in [6.45, 7) is 3.10. The Hall–Kier alpha value is -2.18. The molecule has 4 N–H and O–H groups in total. The first-order chi connectivity index (χ1) is 13.4. The normalized spacial score (nSPS) is 24.9. The Morgan fingerprint density at radius 2 is 2.04 bits per heavy atom. The fraction of sp³-hybridized carbons (Fsp3) is 0.476. The molecule has 1 fully saturated rings. The van der Waals surface area contributed by atoms with Crippen LogP contribution in [0.3, 0.4) is 0 Å². The maximum Gasteiger partial charge on any atom is 0.257 e. The maximum absolute atomic E-state index is 13.2. The van der Waals surface area contributed by atoms with Gasteiger partial charge in [-0.05, 0) is 50.3 Å². The van der Waals surface area contributed by atoms with E-state index in [0.29, 0.717) is 24.3 Å². The fourth-order valence-corrected chi connectivity index (χ4v) is 5.02. The molecule has 148 valence electrons. The molecule has 1 saturated carbocycles. The lowest BCUT2D eigenvalue weighted by molar-refractivity contribution is 0.0571. The van der Waals surface area contributed by atoms with Crippen LogP contribution in [0.25, 0.3) is 0 Å². The lowest BCUT2D eigenvalue weighted by atomic mass is 9.68. The number of nitrogen functional groups attached to an aromatic ring is 1. The van der Waals surface area contributed by atoms with Gasteiger partial charge in [0.1, 0.15) is 0 Å². The zero-order valence-corrected chi connectivity index (χ0v) is 16.9. The molecule has 6 nitrogen and oxygen atoms in total. The van der Waals surface area contributed by atoms with Crippen molar-refractivity contribution < 1.29 is 4.79 Å². The standard InChI is InChI=1S/C21H26ClN5O/c1-13-18-17(26-20(24)25-13)7-10-27(19(18)28)16-5-8-21(12-23,9-6-16)14-3-2-4-15(22)11-14/h2-4,11,16H,5-10,12,23H2,1H3,(H2,24,25,26)/t16-,21-. The Morgan fingerprint density at radius 1 is 1.29 bits per heavy atom. The summed E-state index contributed by atoms with van der Waals surface area (Å²) >= 11 is 6.21.